The molecule has 40 heavy (non-hydrogen) atoms. The molecular formula is C33H52N2O5. The van der Waals surface area contributed by atoms with Gasteiger partial charge in [0.25, 0.3) is 0 Å². The Hall–Kier alpha value is -1.76. The van der Waals surface area contributed by atoms with E-state index >= 15 is 0 Å². The molecule has 7 nitrogen and oxygen atoms in total. The second kappa shape index (κ2) is 9.37. The van der Waals surface area contributed by atoms with Crippen molar-refractivity contribution in [2.45, 2.75) is 118 Å². The number of esters is 1. The van der Waals surface area contributed by atoms with Crippen LogP contribution in [0.25, 0.3) is 0 Å². The number of hydrogen-bond acceptors (Lipinski definition) is 6. The molecule has 7 heteroatoms. The van der Waals surface area contributed by atoms with Crippen molar-refractivity contribution in [1.29, 1.82) is 0 Å². The minimum Gasteiger partial charge on any atom is -0.462 e. The van der Waals surface area contributed by atoms with Crippen molar-refractivity contribution in [3.63, 3.8) is 0 Å². The smallest absolute Gasteiger partial charge is 0.302 e. The normalized spacial score (nSPS) is 48.6. The first-order valence-corrected chi connectivity index (χ1v) is 15.7. The van der Waals surface area contributed by atoms with Crippen LogP contribution < -0.4 is 5.32 Å². The van der Waals surface area contributed by atoms with E-state index in [1.807, 2.05) is 20.8 Å². The lowest BCUT2D eigenvalue weighted by molar-refractivity contribution is -0.172. The van der Waals surface area contributed by atoms with E-state index in [2.05, 4.69) is 45.1 Å². The van der Waals surface area contributed by atoms with E-state index < -0.39 is 10.8 Å². The van der Waals surface area contributed by atoms with Gasteiger partial charge in [-0.3, -0.25) is 14.4 Å². The first-order chi connectivity index (χ1) is 18.6. The Balaban J connectivity index is 1.52. The van der Waals surface area contributed by atoms with Gasteiger partial charge in [-0.1, -0.05) is 34.6 Å². The van der Waals surface area contributed by atoms with E-state index in [9.17, 15) is 19.2 Å². The zero-order valence-corrected chi connectivity index (χ0v) is 26.3. The van der Waals surface area contributed by atoms with Crippen molar-refractivity contribution < 1.29 is 23.9 Å². The first-order valence-electron chi connectivity index (χ1n) is 15.7. The Morgan fingerprint density at radius 1 is 1.10 bits per heavy atom. The zero-order chi connectivity index (χ0) is 29.6. The predicted molar refractivity (Wildman–Crippen MR) is 153 cm³/mol. The first kappa shape index (κ1) is 29.7. The molecule has 224 valence electrons. The maximum Gasteiger partial charge on any atom is 0.302 e. The summed E-state index contributed by atoms with van der Waals surface area (Å²) in [5, 5.41) is 3.26. The Labute approximate surface area is 240 Å². The molecular weight excluding hydrogens is 504 g/mol. The van der Waals surface area contributed by atoms with E-state index in [1.165, 1.54) is 6.92 Å². The van der Waals surface area contributed by atoms with Crippen LogP contribution in [0.4, 0.5) is 0 Å². The van der Waals surface area contributed by atoms with Crippen molar-refractivity contribution in [2.24, 2.45) is 50.7 Å². The number of ether oxygens (including phenoxy) is 1. The third-order valence-corrected chi connectivity index (χ3v) is 13.9. The molecule has 1 amide bonds. The number of nitrogens with zero attached hydrogens (tertiary/aromatic N) is 1. The molecule has 0 radical (unpaired) electrons. The van der Waals surface area contributed by atoms with Gasteiger partial charge in [0.05, 0.1) is 0 Å². The fourth-order valence-electron chi connectivity index (χ4n) is 11.3. The molecule has 0 aliphatic heterocycles. The second-order valence-corrected chi connectivity index (χ2v) is 15.4. The third kappa shape index (κ3) is 3.57. The van der Waals surface area contributed by atoms with Crippen LogP contribution in [0, 0.1) is 50.7 Å². The van der Waals surface area contributed by atoms with Gasteiger partial charge in [-0.2, -0.15) is 0 Å². The number of amides is 1. The van der Waals surface area contributed by atoms with E-state index in [4.69, 9.17) is 4.74 Å². The molecule has 12 atom stereocenters. The van der Waals surface area contributed by atoms with E-state index in [-0.39, 0.29) is 70.0 Å². The number of carbonyl (C=O) groups is 4. The maximum absolute atomic E-state index is 14.6. The Morgan fingerprint density at radius 2 is 1.75 bits per heavy atom. The van der Waals surface area contributed by atoms with E-state index in [0.29, 0.717) is 12.2 Å². The predicted octanol–water partition coefficient (Wildman–Crippen LogP) is 4.81. The van der Waals surface area contributed by atoms with Crippen molar-refractivity contribution in [3.05, 3.63) is 0 Å². The molecule has 2 spiro atoms. The van der Waals surface area contributed by atoms with Crippen LogP contribution in [-0.4, -0.2) is 61.1 Å². The summed E-state index contributed by atoms with van der Waals surface area (Å²) in [7, 11) is 4.14. The van der Waals surface area contributed by atoms with Gasteiger partial charge >= 0.3 is 5.97 Å². The summed E-state index contributed by atoms with van der Waals surface area (Å²) in [5.41, 5.74) is -1.70. The minimum atomic E-state index is -0.685. The molecule has 0 saturated heterocycles. The van der Waals surface area contributed by atoms with Crippen molar-refractivity contribution in [1.82, 2.24) is 10.2 Å². The summed E-state index contributed by atoms with van der Waals surface area (Å²) in [4.78, 5) is 54.9. The number of fused-ring (bicyclic) bond motifs is 2. The summed E-state index contributed by atoms with van der Waals surface area (Å²) in [6, 6.07) is -0.0357. The van der Waals surface area contributed by atoms with Gasteiger partial charge in [-0.15, -0.1) is 0 Å². The SMILES string of the molecule is CC[C@H](C)C(=O)N[C@H]1CC[C@]23C[C@]24C(=O)C[C@]2(C)[C@@H]([C@H](C)N(C)C)[C@H](OC(C)=O)C[C@@]2(C)[C@@H]4CC[C@H]3[C@]1(C)C=O. The molecule has 0 aromatic rings. The zero-order valence-electron chi connectivity index (χ0n) is 26.3. The number of rotatable bonds is 7. The van der Waals surface area contributed by atoms with Crippen LogP contribution in [0.3, 0.4) is 0 Å². The van der Waals surface area contributed by atoms with Gasteiger partial charge in [0.1, 0.15) is 18.2 Å². The average molecular weight is 557 g/mol. The van der Waals surface area contributed by atoms with Crippen LogP contribution in [0.15, 0.2) is 0 Å². The van der Waals surface area contributed by atoms with Gasteiger partial charge in [0.2, 0.25) is 5.91 Å². The summed E-state index contributed by atoms with van der Waals surface area (Å²) in [6.45, 7) is 14.4. The third-order valence-electron chi connectivity index (χ3n) is 13.9. The van der Waals surface area contributed by atoms with Crippen molar-refractivity contribution in [3.8, 4) is 0 Å². The highest BCUT2D eigenvalue weighted by atomic mass is 16.5. The number of Topliss-reactive ketones (excluding diaryl/α,β-unsaturated/α-hetero) is 1. The molecule has 5 fully saturated rings. The molecule has 0 aromatic heterocycles. The molecule has 5 rings (SSSR count). The monoisotopic (exact) mass is 556 g/mol. The molecule has 0 aromatic carbocycles. The molecule has 0 bridgehead atoms. The lowest BCUT2D eigenvalue weighted by Crippen LogP contribution is -2.63. The van der Waals surface area contributed by atoms with Gasteiger partial charge in [0.15, 0.2) is 0 Å². The van der Waals surface area contributed by atoms with Crippen LogP contribution in [-0.2, 0) is 23.9 Å². The fourth-order valence-corrected chi connectivity index (χ4v) is 11.3. The summed E-state index contributed by atoms with van der Waals surface area (Å²) < 4.78 is 6.05. The van der Waals surface area contributed by atoms with E-state index in [0.717, 1.165) is 51.2 Å². The number of ketones is 1. The quantitative estimate of drug-likeness (QED) is 0.358. The Morgan fingerprint density at radius 3 is 2.33 bits per heavy atom. The average Bonchev–Trinajstić information content (AvgIpc) is 3.52. The van der Waals surface area contributed by atoms with Crippen LogP contribution >= 0.6 is 0 Å². The number of hydrogen-bond donors (Lipinski definition) is 1. The number of aldehydes is 1. The lowest BCUT2D eigenvalue weighted by Gasteiger charge is -2.62. The maximum atomic E-state index is 14.6. The summed E-state index contributed by atoms with van der Waals surface area (Å²) in [6.07, 6.45) is 7.21. The Kier molecular flexibility index (Phi) is 6.96. The van der Waals surface area contributed by atoms with Gasteiger partial charge in [-0.05, 0) is 94.0 Å². The van der Waals surface area contributed by atoms with Crippen LogP contribution in [0.5, 0.6) is 0 Å². The number of nitrogens with one attached hydrogen (secondary N) is 1. The van der Waals surface area contributed by atoms with Gasteiger partial charge < -0.3 is 19.7 Å². The Bertz CT molecular complexity index is 1110. The fraction of sp³-hybridized carbons (Fsp3) is 0.879. The van der Waals surface area contributed by atoms with Gasteiger partial charge in [0, 0.05) is 48.1 Å². The molecule has 5 saturated carbocycles. The summed E-state index contributed by atoms with van der Waals surface area (Å²) in [5.74, 6) is 0.423. The highest BCUT2D eigenvalue weighted by Gasteiger charge is 2.86. The van der Waals surface area contributed by atoms with Crippen molar-refractivity contribution >= 4 is 23.9 Å². The number of carbonyl (C=O) groups excluding carboxylic acids is 4. The lowest BCUT2D eigenvalue weighted by atomic mass is 9.41. The highest BCUT2D eigenvalue weighted by molar-refractivity contribution is 5.92. The van der Waals surface area contributed by atoms with Crippen LogP contribution in [0.2, 0.25) is 0 Å². The van der Waals surface area contributed by atoms with Gasteiger partial charge in [-0.25, -0.2) is 0 Å². The standard InChI is InChI=1S/C33H52N2O5/c1-10-19(2)28(39)34-25-13-14-32-17-33(32)24(12-11-23(32)29(25,5)18-36)30(6)15-22(40-21(4)37)27(20(3)35(8)9)31(30,7)16-26(33)38/h18-20,22-25,27H,10-17H2,1-9H3,(H,34,39)/t19-,20-,22+,23-,24-,25-,27-,29-,30-,31+,32+,33-/m0/s1. The summed E-state index contributed by atoms with van der Waals surface area (Å²) >= 11 is 0. The second-order valence-electron chi connectivity index (χ2n) is 15.4. The highest BCUT2D eigenvalue weighted by Crippen LogP contribution is 2.87. The van der Waals surface area contributed by atoms with Crippen LogP contribution in [0.1, 0.15) is 99.8 Å². The topological polar surface area (TPSA) is 92.8 Å². The molecule has 0 unspecified atom stereocenters. The van der Waals surface area contributed by atoms with E-state index in [1.54, 1.807) is 0 Å². The van der Waals surface area contributed by atoms with Crippen molar-refractivity contribution in [2.75, 3.05) is 14.1 Å². The molecule has 0 heterocycles. The largest absolute Gasteiger partial charge is 0.462 e. The molecule has 1 N–H and O–H groups in total. The minimum absolute atomic E-state index is 0.0243. The molecule has 5 aliphatic rings. The molecule has 5 aliphatic carbocycles.